The Labute approximate surface area is 276 Å². The molecule has 0 amide bonds. The maximum Gasteiger partial charge on any atom is 0.128 e. The smallest absolute Gasteiger partial charge is 0.128 e. The number of amidine groups is 1. The summed E-state index contributed by atoms with van der Waals surface area (Å²) in [4.78, 5) is 7.20. The Hall–Kier alpha value is -1.35. The molecule has 0 aromatic heterocycles. The van der Waals surface area contributed by atoms with E-state index in [9.17, 15) is 0 Å². The minimum Gasteiger partial charge on any atom is -0.357 e. The molecule has 0 saturated heterocycles. The van der Waals surface area contributed by atoms with Crippen molar-refractivity contribution in [2.24, 2.45) is 4.99 Å². The number of rotatable bonds is 33. The van der Waals surface area contributed by atoms with E-state index in [0.717, 1.165) is 12.5 Å². The molecule has 0 fully saturated rings. The molecule has 1 aromatic carbocycles. The first-order valence-electron chi connectivity index (χ1n) is 19.8. The summed E-state index contributed by atoms with van der Waals surface area (Å²) in [6.45, 7) is 7.92. The highest BCUT2D eigenvalue weighted by Crippen LogP contribution is 2.15. The van der Waals surface area contributed by atoms with Crippen LogP contribution in [0.15, 0.2) is 35.3 Å². The summed E-state index contributed by atoms with van der Waals surface area (Å²) in [5.74, 6) is 1.01. The fraction of sp³-hybridized carbons (Fsp3) is 0.829. The molecule has 0 bridgehead atoms. The van der Waals surface area contributed by atoms with E-state index in [-0.39, 0.29) is 0 Å². The van der Waals surface area contributed by atoms with Gasteiger partial charge in [0.25, 0.3) is 0 Å². The molecule has 1 rings (SSSR count). The normalized spacial score (nSPS) is 12.0. The van der Waals surface area contributed by atoms with Gasteiger partial charge >= 0.3 is 0 Å². The quantitative estimate of drug-likeness (QED) is 0.0370. The minimum atomic E-state index is 0.901. The molecule has 3 nitrogen and oxygen atoms in total. The van der Waals surface area contributed by atoms with Crippen molar-refractivity contribution in [2.75, 3.05) is 26.8 Å². The number of nitrogens with zero attached hydrogens (tertiary/aromatic N) is 2. The zero-order valence-electron chi connectivity index (χ0n) is 30.2. The number of aliphatic imine (C=N–C) groups is 1. The van der Waals surface area contributed by atoms with Gasteiger partial charge in [-0.15, -0.1) is 0 Å². The van der Waals surface area contributed by atoms with Crippen LogP contribution in [0.25, 0.3) is 0 Å². The van der Waals surface area contributed by atoms with E-state index in [0.29, 0.717) is 0 Å². The molecule has 1 N–H and O–H groups in total. The molecule has 0 heterocycles. The number of unbranched alkanes of at least 4 members (excludes halogenated alkanes) is 26. The van der Waals surface area contributed by atoms with Crippen molar-refractivity contribution in [3.8, 4) is 0 Å². The van der Waals surface area contributed by atoms with Gasteiger partial charge in [0.15, 0.2) is 0 Å². The molecule has 0 radical (unpaired) electrons. The van der Waals surface area contributed by atoms with Crippen LogP contribution in [0.4, 0.5) is 0 Å². The predicted molar refractivity (Wildman–Crippen MR) is 199 cm³/mol. The lowest BCUT2D eigenvalue weighted by Crippen LogP contribution is -2.39. The summed E-state index contributed by atoms with van der Waals surface area (Å²) < 4.78 is 0. The van der Waals surface area contributed by atoms with E-state index in [4.69, 9.17) is 0 Å². The summed E-state index contributed by atoms with van der Waals surface area (Å²) in [6, 6.07) is 10.6. The summed E-state index contributed by atoms with van der Waals surface area (Å²) >= 11 is 0. The fourth-order valence-electron chi connectivity index (χ4n) is 6.42. The van der Waals surface area contributed by atoms with Gasteiger partial charge in [-0.05, 0) is 25.9 Å². The van der Waals surface area contributed by atoms with Crippen molar-refractivity contribution in [1.82, 2.24) is 10.2 Å². The molecule has 256 valence electrons. The molecule has 0 aliphatic rings. The maximum atomic E-state index is 4.56. The molecule has 44 heavy (non-hydrogen) atoms. The largest absolute Gasteiger partial charge is 0.357 e. The van der Waals surface area contributed by atoms with Crippen LogP contribution in [0.5, 0.6) is 0 Å². The summed E-state index contributed by atoms with van der Waals surface area (Å²) in [7, 11) is 1.90. The Morgan fingerprint density at radius 2 is 0.795 bits per heavy atom. The lowest BCUT2D eigenvalue weighted by molar-refractivity contribution is 0.255. The topological polar surface area (TPSA) is 27.6 Å². The zero-order valence-corrected chi connectivity index (χ0v) is 30.2. The van der Waals surface area contributed by atoms with Crippen molar-refractivity contribution >= 4 is 5.84 Å². The summed E-state index contributed by atoms with van der Waals surface area (Å²) in [5, 5.41) is 3.66. The van der Waals surface area contributed by atoms with Crippen LogP contribution in [0.1, 0.15) is 199 Å². The molecular weight excluding hydrogens is 534 g/mol. The van der Waals surface area contributed by atoms with Crippen LogP contribution in [0.2, 0.25) is 0 Å². The van der Waals surface area contributed by atoms with Gasteiger partial charge in [-0.2, -0.15) is 0 Å². The Morgan fingerprint density at radius 3 is 1.11 bits per heavy atom. The second-order valence-corrected chi connectivity index (χ2v) is 13.6. The summed E-state index contributed by atoms with van der Waals surface area (Å²) in [5.41, 5.74) is 1.18. The third-order valence-electron chi connectivity index (χ3n) is 9.40. The number of nitrogens with one attached hydrogen (secondary N) is 1. The van der Waals surface area contributed by atoms with E-state index in [1.165, 1.54) is 198 Å². The SMILES string of the molecule is CCCCCCCCCCCCCCCCN(CCCCCCCCCCCCCCCC)CNC(=NC)c1ccccc1. The highest BCUT2D eigenvalue weighted by Gasteiger charge is 2.08. The third kappa shape index (κ3) is 25.9. The van der Waals surface area contributed by atoms with Gasteiger partial charge in [0, 0.05) is 12.6 Å². The second-order valence-electron chi connectivity index (χ2n) is 13.6. The molecule has 0 unspecified atom stereocenters. The standard InChI is InChI=1S/C41H77N3/c1-4-6-8-10-12-14-16-18-20-22-24-26-28-33-37-44(39-43-41(42-3)40-35-31-30-32-36-40)38-34-29-27-25-23-21-19-17-15-13-11-9-7-5-2/h30-32,35-36H,4-29,33-34,37-39H2,1-3H3,(H,42,43). The maximum absolute atomic E-state index is 4.56. The van der Waals surface area contributed by atoms with Crippen LogP contribution in [0.3, 0.4) is 0 Å². The van der Waals surface area contributed by atoms with E-state index < -0.39 is 0 Å². The molecule has 0 spiro atoms. The van der Waals surface area contributed by atoms with Crippen LogP contribution >= 0.6 is 0 Å². The van der Waals surface area contributed by atoms with Gasteiger partial charge in [-0.3, -0.25) is 9.89 Å². The highest BCUT2D eigenvalue weighted by molar-refractivity contribution is 5.98. The first kappa shape index (κ1) is 40.7. The summed E-state index contributed by atoms with van der Waals surface area (Å²) in [6.07, 6.45) is 39.9. The van der Waals surface area contributed by atoms with E-state index >= 15 is 0 Å². The van der Waals surface area contributed by atoms with E-state index in [2.05, 4.69) is 59.4 Å². The number of hydrogen-bond acceptors (Lipinski definition) is 2. The van der Waals surface area contributed by atoms with Crippen LogP contribution in [-0.4, -0.2) is 37.5 Å². The van der Waals surface area contributed by atoms with Crippen LogP contribution in [-0.2, 0) is 0 Å². The van der Waals surface area contributed by atoms with E-state index in [1.54, 1.807) is 0 Å². The molecule has 1 aromatic rings. The Kier molecular flexibility index (Phi) is 30.5. The number of benzene rings is 1. The minimum absolute atomic E-state index is 0.901. The highest BCUT2D eigenvalue weighted by atomic mass is 15.2. The Bertz CT molecular complexity index is 684. The molecular formula is C41H77N3. The zero-order chi connectivity index (χ0) is 31.6. The molecule has 0 saturated carbocycles. The van der Waals surface area contributed by atoms with Gasteiger partial charge in [0.2, 0.25) is 0 Å². The van der Waals surface area contributed by atoms with Crippen LogP contribution < -0.4 is 5.32 Å². The van der Waals surface area contributed by atoms with Gasteiger partial charge in [0.1, 0.15) is 5.84 Å². The van der Waals surface area contributed by atoms with Crippen molar-refractivity contribution in [3.05, 3.63) is 35.9 Å². The van der Waals surface area contributed by atoms with Crippen molar-refractivity contribution in [1.29, 1.82) is 0 Å². The molecule has 3 heteroatoms. The van der Waals surface area contributed by atoms with Crippen molar-refractivity contribution < 1.29 is 0 Å². The molecule has 0 aliphatic carbocycles. The van der Waals surface area contributed by atoms with Gasteiger partial charge in [-0.1, -0.05) is 211 Å². The van der Waals surface area contributed by atoms with Gasteiger partial charge < -0.3 is 5.32 Å². The fourth-order valence-corrected chi connectivity index (χ4v) is 6.42. The first-order valence-corrected chi connectivity index (χ1v) is 19.8. The average Bonchev–Trinajstić information content (AvgIpc) is 3.05. The second kappa shape index (κ2) is 33.0. The van der Waals surface area contributed by atoms with E-state index in [1.807, 2.05) is 7.05 Å². The Balaban J connectivity index is 2.17. The lowest BCUT2D eigenvalue weighted by Gasteiger charge is -2.24. The van der Waals surface area contributed by atoms with Gasteiger partial charge in [0.05, 0.1) is 6.67 Å². The monoisotopic (exact) mass is 612 g/mol. The van der Waals surface area contributed by atoms with Crippen LogP contribution in [0, 0.1) is 0 Å². The Morgan fingerprint density at radius 1 is 0.477 bits per heavy atom. The van der Waals surface area contributed by atoms with Crippen molar-refractivity contribution in [3.63, 3.8) is 0 Å². The number of hydrogen-bond donors (Lipinski definition) is 1. The first-order chi connectivity index (χ1) is 21.8. The van der Waals surface area contributed by atoms with Crippen molar-refractivity contribution in [2.45, 2.75) is 194 Å². The molecule has 0 aliphatic heterocycles. The van der Waals surface area contributed by atoms with Gasteiger partial charge in [-0.25, -0.2) is 0 Å². The molecule has 0 atom stereocenters. The lowest BCUT2D eigenvalue weighted by atomic mass is 10.0. The average molecular weight is 612 g/mol. The predicted octanol–water partition coefficient (Wildman–Crippen LogP) is 12.9. The third-order valence-corrected chi connectivity index (χ3v) is 9.40.